The topological polar surface area (TPSA) is 626 Å². The van der Waals surface area contributed by atoms with Gasteiger partial charge in [0.05, 0.1) is 57.8 Å². The smallest absolute Gasteiger partial charge is 0.254 e. The number of rotatable bonds is 19. The van der Waals surface area contributed by atoms with Crippen molar-refractivity contribution in [1.82, 2.24) is 72.8 Å². The molecule has 15 atom stereocenters. The first-order chi connectivity index (χ1) is 51.0. The number of aliphatic hydroxyl groups excluding tert-OH is 3. The number of carbonyl (C=O) groups excluding carboxylic acids is 18. The van der Waals surface area contributed by atoms with Gasteiger partial charge in [-0.25, -0.2) is 0 Å². The van der Waals surface area contributed by atoms with Crippen molar-refractivity contribution in [2.75, 3.05) is 64.1 Å². The van der Waals surface area contributed by atoms with Gasteiger partial charge in [0.25, 0.3) is 5.91 Å². The molecule has 22 N–H and O–H groups in total. The zero-order chi connectivity index (χ0) is 80.5. The summed E-state index contributed by atoms with van der Waals surface area (Å²) in [6.45, 7) is 2.43. The number of nitrogens with two attached hydrogens (primary N) is 4. The molecule has 4 aliphatic heterocycles. The number of thiol groups is 1. The molecule has 4 fully saturated rings. The van der Waals surface area contributed by atoms with Crippen LogP contribution in [0, 0.1) is 11.8 Å². The number of amides is 17. The van der Waals surface area contributed by atoms with Crippen LogP contribution in [-0.4, -0.2) is 294 Å². The van der Waals surface area contributed by atoms with Gasteiger partial charge in [-0.05, 0) is 81.4 Å². The molecule has 0 radical (unpaired) electrons. The van der Waals surface area contributed by atoms with Crippen molar-refractivity contribution in [2.24, 2.45) is 34.8 Å². The van der Waals surface area contributed by atoms with E-state index in [9.17, 15) is 102 Å². The molecule has 0 unspecified atom stereocenters. The molecule has 598 valence electrons. The Labute approximate surface area is 631 Å². The Morgan fingerprint density at radius 2 is 1.07 bits per heavy atom. The third-order valence-electron chi connectivity index (χ3n) is 18.5. The molecule has 4 heterocycles. The van der Waals surface area contributed by atoms with E-state index in [1.807, 2.05) is 0 Å². The van der Waals surface area contributed by atoms with E-state index in [-0.39, 0.29) is 94.0 Å². The first-order valence-corrected chi connectivity index (χ1v) is 36.8. The van der Waals surface area contributed by atoms with Crippen molar-refractivity contribution < 1.29 is 107 Å². The average Bonchev–Trinajstić information content (AvgIpc) is 1.49. The molecule has 4 aliphatic rings. The van der Waals surface area contributed by atoms with Gasteiger partial charge in [-0.15, -0.1) is 0 Å². The summed E-state index contributed by atoms with van der Waals surface area (Å²) in [7, 11) is 0. The molecular weight excluding hydrogens is 1460 g/mol. The van der Waals surface area contributed by atoms with Crippen molar-refractivity contribution in [3.05, 3.63) is 29.8 Å². The standard InChI is InChI=1S/C66H100N18O22S2/c1-6-32(4)52-60(100)72-33(5)53(93)74-37(22-48(69)89)54(94)76-39(23-49(70)90)63(103)81-17-7-10-44(81)57(97)77-40(20-31(2)3)66(106)108-30-36(68)61(101)84(64(104)43(28-87)73-51(92)25-71-50(91)24-67)47(29-107)59(99)79-41(26-85)55(95)75-38(21-34-13-15-35(88)16-14-34)62(102)83-19-9-12-46(83)65(105)82-18-8-11-45(82)58(98)78-42(27-86)56(96)80-52/h13-16,31-33,36-47,52,85-88,107H,6-12,17-30,67-68H2,1-5H3,(H2,69,89)(H2,70,90)(H,71,91)(H,72,100)(H,73,92)(H,74,93)(H,75,95)(H,76,94)(H,77,97)(H,78,98)(H,79,99)(H,80,96)/t32-,33-,36-,37-,38-,39-,40-,41-,42-,43-,44-,45-,46-,47-,52-/m0/s1. The molecule has 0 saturated carbocycles. The summed E-state index contributed by atoms with van der Waals surface area (Å²) in [5.41, 5.74) is 23.1. The van der Waals surface area contributed by atoms with Crippen LogP contribution in [0.25, 0.3) is 0 Å². The van der Waals surface area contributed by atoms with Crippen LogP contribution >= 0.6 is 24.4 Å². The number of hydrogen-bond donors (Lipinski definition) is 19. The second-order valence-electron chi connectivity index (χ2n) is 27.0. The third-order valence-corrected chi connectivity index (χ3v) is 19.9. The van der Waals surface area contributed by atoms with Crippen molar-refractivity contribution in [3.63, 3.8) is 0 Å². The number of nitrogens with zero attached hydrogens (tertiary/aromatic N) is 4. The van der Waals surface area contributed by atoms with Crippen molar-refractivity contribution in [2.45, 2.75) is 190 Å². The number of carbonyl (C=O) groups is 18. The molecule has 1 aromatic carbocycles. The van der Waals surface area contributed by atoms with Crippen LogP contribution in [-0.2, 0) is 92.7 Å². The molecular formula is C66H100N18O22S2. The van der Waals surface area contributed by atoms with Crippen LogP contribution in [0.2, 0.25) is 0 Å². The summed E-state index contributed by atoms with van der Waals surface area (Å²) < 4.78 is 0. The van der Waals surface area contributed by atoms with Gasteiger partial charge in [-0.2, -0.15) is 12.6 Å². The maximum atomic E-state index is 15.0. The zero-order valence-electron chi connectivity index (χ0n) is 60.5. The van der Waals surface area contributed by atoms with E-state index in [1.165, 1.54) is 36.1 Å². The number of imide groups is 1. The second-order valence-corrected chi connectivity index (χ2v) is 28.4. The SMILES string of the molecule is CC[C@H](C)[C@@H]1NC(=O)[C@H](CO)NC(=O)[C@@H]2CCCN2C(=O)[C@@H]2CCCN2C(=O)[C@H](Cc2ccc(O)cc2)NC(=O)[C@H](CO)NC(=O)[C@H](CS)N(C(=O)[C@H](CO)NC(=O)CNC(=O)CN)C(=O)[C@@H](N)CSC(=O)[C@H](CC(C)C)NC(=O)[C@@H]2CCCN2C(=O)[C@H](CC(N)=O)NC(=O)[C@H](CC(N)=O)NC(=O)[C@H](C)NC1=O. The van der Waals surface area contributed by atoms with Crippen LogP contribution in [0.3, 0.4) is 0 Å². The number of thioether (sulfide) groups is 1. The van der Waals surface area contributed by atoms with E-state index in [4.69, 9.17) is 22.9 Å². The third kappa shape index (κ3) is 24.7. The summed E-state index contributed by atoms with van der Waals surface area (Å²) in [4.78, 5) is 256. The van der Waals surface area contributed by atoms with Gasteiger partial charge < -0.3 is 111 Å². The quantitative estimate of drug-likeness (QED) is 0.0572. The maximum absolute atomic E-state index is 15.0. The maximum Gasteiger partial charge on any atom is 0.254 e. The fraction of sp³-hybridized carbons (Fsp3) is 0.636. The number of fused-ring (bicyclic) bond motifs is 3. The Hall–Kier alpha value is -9.62. The van der Waals surface area contributed by atoms with E-state index >= 15 is 4.79 Å². The van der Waals surface area contributed by atoms with Gasteiger partial charge in [-0.1, -0.05) is 58.0 Å². The molecule has 4 saturated heterocycles. The minimum Gasteiger partial charge on any atom is -0.508 e. The summed E-state index contributed by atoms with van der Waals surface area (Å²) in [5.74, 6) is -21.9. The van der Waals surface area contributed by atoms with Crippen LogP contribution < -0.4 is 76.1 Å². The number of primary amides is 2. The van der Waals surface area contributed by atoms with Gasteiger partial charge in [-0.3, -0.25) is 91.2 Å². The fourth-order valence-electron chi connectivity index (χ4n) is 12.5. The number of aromatic hydroxyl groups is 1. The highest BCUT2D eigenvalue weighted by Gasteiger charge is 2.47. The zero-order valence-corrected chi connectivity index (χ0v) is 62.2. The average molecular weight is 1560 g/mol. The lowest BCUT2D eigenvalue weighted by Crippen LogP contribution is -2.64. The molecule has 0 spiro atoms. The molecule has 0 aliphatic carbocycles. The summed E-state index contributed by atoms with van der Waals surface area (Å²) in [5, 5.41) is 64.7. The Morgan fingerprint density at radius 1 is 0.593 bits per heavy atom. The molecule has 0 bridgehead atoms. The molecule has 17 amide bonds. The summed E-state index contributed by atoms with van der Waals surface area (Å²) in [6, 6.07) is -18.8. The summed E-state index contributed by atoms with van der Waals surface area (Å²) in [6.07, 6.45) is -1.52. The first kappa shape index (κ1) is 89.0. The van der Waals surface area contributed by atoms with E-state index < -0.39 is 253 Å². The Bertz CT molecular complexity index is 3500. The Morgan fingerprint density at radius 3 is 1.60 bits per heavy atom. The molecule has 40 nitrogen and oxygen atoms in total. The predicted molar refractivity (Wildman–Crippen MR) is 384 cm³/mol. The number of phenolic OH excluding ortho intramolecular Hbond substituents is 1. The van der Waals surface area contributed by atoms with Crippen LogP contribution in [0.5, 0.6) is 5.75 Å². The highest BCUT2D eigenvalue weighted by Crippen LogP contribution is 2.28. The number of phenols is 1. The monoisotopic (exact) mass is 1560 g/mol. The van der Waals surface area contributed by atoms with Gasteiger partial charge in [0, 0.05) is 37.6 Å². The highest BCUT2D eigenvalue weighted by atomic mass is 32.2. The number of nitrogens with one attached hydrogen (secondary N) is 10. The fourth-order valence-corrected chi connectivity index (χ4v) is 13.6. The Balaban J connectivity index is 1.59. The van der Waals surface area contributed by atoms with E-state index in [1.54, 1.807) is 27.7 Å². The number of aliphatic hydroxyl groups is 3. The number of hydrogen-bond acceptors (Lipinski definition) is 26. The van der Waals surface area contributed by atoms with Crippen molar-refractivity contribution in [3.8, 4) is 5.75 Å². The normalized spacial score (nSPS) is 27.1. The van der Waals surface area contributed by atoms with Crippen LogP contribution in [0.15, 0.2) is 24.3 Å². The van der Waals surface area contributed by atoms with Crippen LogP contribution in [0.4, 0.5) is 0 Å². The molecule has 5 rings (SSSR count). The van der Waals surface area contributed by atoms with Crippen molar-refractivity contribution >= 4 is 130 Å². The highest BCUT2D eigenvalue weighted by molar-refractivity contribution is 8.13. The Kier molecular flexibility index (Phi) is 34.8. The van der Waals surface area contributed by atoms with E-state index in [0.29, 0.717) is 17.3 Å². The van der Waals surface area contributed by atoms with Crippen LogP contribution in [0.1, 0.15) is 104 Å². The lowest BCUT2D eigenvalue weighted by atomic mass is 9.97. The molecule has 42 heteroatoms. The van der Waals surface area contributed by atoms with E-state index in [2.05, 4.69) is 65.8 Å². The van der Waals surface area contributed by atoms with Gasteiger partial charge >= 0.3 is 0 Å². The lowest BCUT2D eigenvalue weighted by molar-refractivity contribution is -0.154. The van der Waals surface area contributed by atoms with Gasteiger partial charge in [0.2, 0.25) is 99.6 Å². The summed E-state index contributed by atoms with van der Waals surface area (Å²) >= 11 is 4.60. The molecule has 108 heavy (non-hydrogen) atoms. The number of benzene rings is 1. The van der Waals surface area contributed by atoms with Gasteiger partial charge in [0.1, 0.15) is 78.3 Å². The second kappa shape index (κ2) is 42.2. The molecule has 1 aromatic rings. The largest absolute Gasteiger partial charge is 0.508 e. The predicted octanol–water partition coefficient (Wildman–Crippen LogP) is -9.56. The van der Waals surface area contributed by atoms with E-state index in [0.717, 1.165) is 9.80 Å². The first-order valence-electron chi connectivity index (χ1n) is 35.2. The lowest BCUT2D eigenvalue weighted by Gasteiger charge is -2.34. The van der Waals surface area contributed by atoms with Crippen molar-refractivity contribution in [1.29, 1.82) is 0 Å². The minimum atomic E-state index is -2.19. The molecule has 0 aromatic heterocycles. The van der Waals surface area contributed by atoms with Gasteiger partial charge in [0.15, 0.2) is 0 Å². The minimum absolute atomic E-state index is 0.0197.